The third kappa shape index (κ3) is 2.08. The van der Waals surface area contributed by atoms with Crippen LogP contribution in [-0.2, 0) is 6.42 Å². The molecule has 0 amide bonds. The maximum atomic E-state index is 5.59. The van der Waals surface area contributed by atoms with Crippen molar-refractivity contribution in [2.24, 2.45) is 0 Å². The summed E-state index contributed by atoms with van der Waals surface area (Å²) < 4.78 is 0. The van der Waals surface area contributed by atoms with Crippen molar-refractivity contribution in [1.82, 2.24) is 25.6 Å². The van der Waals surface area contributed by atoms with Gasteiger partial charge in [-0.1, -0.05) is 11.3 Å². The Morgan fingerprint density at radius 1 is 1.43 bits per heavy atom. The molecular formula is C7H8ClN5S. The second-order valence-electron chi connectivity index (χ2n) is 2.65. The normalized spacial score (nSPS) is 10.6. The van der Waals surface area contributed by atoms with Gasteiger partial charge in [-0.05, 0) is 6.42 Å². The Morgan fingerprint density at radius 3 is 3.07 bits per heavy atom. The Balaban J connectivity index is 2.10. The van der Waals surface area contributed by atoms with Crippen LogP contribution in [-0.4, -0.2) is 31.5 Å². The van der Waals surface area contributed by atoms with E-state index in [9.17, 15) is 0 Å². The molecule has 74 valence electrons. The summed E-state index contributed by atoms with van der Waals surface area (Å²) in [6, 6.07) is 0. The zero-order chi connectivity index (χ0) is 9.80. The predicted molar refractivity (Wildman–Crippen MR) is 54.3 cm³/mol. The van der Waals surface area contributed by atoms with Crippen LogP contribution < -0.4 is 0 Å². The average Bonchev–Trinajstić information content (AvgIpc) is 2.85. The first kappa shape index (κ1) is 9.54. The Hall–Kier alpha value is -1.01. The molecule has 0 radical (unpaired) electrons. The number of aryl methyl sites for hydroxylation is 1. The van der Waals surface area contributed by atoms with Crippen molar-refractivity contribution >= 4 is 22.9 Å². The molecule has 0 saturated heterocycles. The van der Waals surface area contributed by atoms with Gasteiger partial charge in [0.15, 0.2) is 5.01 Å². The van der Waals surface area contributed by atoms with Gasteiger partial charge in [-0.3, -0.25) is 0 Å². The van der Waals surface area contributed by atoms with Crippen molar-refractivity contribution in [3.63, 3.8) is 0 Å². The number of halogens is 1. The van der Waals surface area contributed by atoms with E-state index < -0.39 is 0 Å². The third-order valence-electron chi connectivity index (χ3n) is 1.63. The van der Waals surface area contributed by atoms with E-state index in [1.807, 2.05) is 0 Å². The van der Waals surface area contributed by atoms with Crippen LogP contribution in [0.25, 0.3) is 10.7 Å². The number of nitrogens with one attached hydrogen (secondary N) is 1. The van der Waals surface area contributed by atoms with Gasteiger partial charge in [0.25, 0.3) is 0 Å². The van der Waals surface area contributed by atoms with Gasteiger partial charge >= 0.3 is 0 Å². The van der Waals surface area contributed by atoms with Gasteiger partial charge in [0.2, 0.25) is 0 Å². The molecule has 0 aromatic carbocycles. The topological polar surface area (TPSA) is 67.3 Å². The molecule has 0 bridgehead atoms. The minimum atomic E-state index is 0.652. The Bertz CT molecular complexity index is 384. The van der Waals surface area contributed by atoms with E-state index >= 15 is 0 Å². The first-order valence-corrected chi connectivity index (χ1v) is 5.49. The quantitative estimate of drug-likeness (QED) is 0.807. The summed E-state index contributed by atoms with van der Waals surface area (Å²) in [5, 5.41) is 20.0. The first-order valence-electron chi connectivity index (χ1n) is 4.14. The second-order valence-corrected chi connectivity index (χ2v) is 4.09. The van der Waals surface area contributed by atoms with Crippen LogP contribution in [0.4, 0.5) is 0 Å². The predicted octanol–water partition coefficient (Wildman–Crippen LogP) is 1.49. The van der Waals surface area contributed by atoms with Gasteiger partial charge in [0.05, 0.1) is 6.20 Å². The summed E-state index contributed by atoms with van der Waals surface area (Å²) in [5.74, 6) is 0.652. The summed E-state index contributed by atoms with van der Waals surface area (Å²) in [5.41, 5.74) is 0.736. The highest BCUT2D eigenvalue weighted by molar-refractivity contribution is 7.14. The second kappa shape index (κ2) is 4.47. The molecule has 2 rings (SSSR count). The van der Waals surface area contributed by atoms with Gasteiger partial charge in [0.1, 0.15) is 10.7 Å². The molecule has 0 atom stereocenters. The van der Waals surface area contributed by atoms with Crippen molar-refractivity contribution in [1.29, 1.82) is 0 Å². The number of nitrogens with zero attached hydrogens (tertiary/aromatic N) is 4. The van der Waals surface area contributed by atoms with Gasteiger partial charge < -0.3 is 0 Å². The minimum absolute atomic E-state index is 0.652. The number of rotatable bonds is 4. The van der Waals surface area contributed by atoms with E-state index in [0.29, 0.717) is 5.88 Å². The first-order chi connectivity index (χ1) is 6.90. The highest BCUT2D eigenvalue weighted by Crippen LogP contribution is 2.20. The van der Waals surface area contributed by atoms with Gasteiger partial charge in [-0.15, -0.1) is 21.8 Å². The van der Waals surface area contributed by atoms with Crippen LogP contribution in [0, 0.1) is 0 Å². The number of aromatic amines is 1. The molecule has 2 heterocycles. The number of aromatic nitrogens is 5. The maximum absolute atomic E-state index is 5.59. The number of alkyl halides is 1. The molecule has 0 spiro atoms. The molecule has 0 aliphatic carbocycles. The van der Waals surface area contributed by atoms with Gasteiger partial charge in [-0.25, -0.2) is 0 Å². The van der Waals surface area contributed by atoms with Crippen LogP contribution in [0.1, 0.15) is 11.4 Å². The molecular weight excluding hydrogens is 222 g/mol. The fourth-order valence-corrected chi connectivity index (χ4v) is 1.95. The summed E-state index contributed by atoms with van der Waals surface area (Å²) in [7, 11) is 0. The highest BCUT2D eigenvalue weighted by Gasteiger charge is 2.08. The largest absolute Gasteiger partial charge is 0.197 e. The van der Waals surface area contributed by atoms with Gasteiger partial charge in [0, 0.05) is 12.3 Å². The number of H-pyrrole nitrogens is 1. The lowest BCUT2D eigenvalue weighted by Crippen LogP contribution is -1.84. The maximum Gasteiger partial charge on any atom is 0.169 e. The van der Waals surface area contributed by atoms with Gasteiger partial charge in [-0.2, -0.15) is 15.4 Å². The van der Waals surface area contributed by atoms with Crippen molar-refractivity contribution < 1.29 is 0 Å². The number of hydrogen-bond donors (Lipinski definition) is 1. The fourth-order valence-electron chi connectivity index (χ4n) is 0.981. The molecule has 0 aliphatic heterocycles. The lowest BCUT2D eigenvalue weighted by molar-refractivity contribution is 0.883. The molecule has 0 saturated carbocycles. The van der Waals surface area contributed by atoms with Crippen molar-refractivity contribution in [3.8, 4) is 10.7 Å². The summed E-state index contributed by atoms with van der Waals surface area (Å²) in [4.78, 5) is 0. The van der Waals surface area contributed by atoms with Crippen molar-refractivity contribution in [2.45, 2.75) is 12.8 Å². The van der Waals surface area contributed by atoms with Crippen LogP contribution in [0.5, 0.6) is 0 Å². The summed E-state index contributed by atoms with van der Waals surface area (Å²) >= 11 is 7.11. The zero-order valence-electron chi connectivity index (χ0n) is 7.27. The average molecular weight is 230 g/mol. The monoisotopic (exact) mass is 229 g/mol. The third-order valence-corrected chi connectivity index (χ3v) is 2.90. The van der Waals surface area contributed by atoms with Crippen LogP contribution in [0.2, 0.25) is 0 Å². The van der Waals surface area contributed by atoms with Crippen LogP contribution in [0.3, 0.4) is 0 Å². The van der Waals surface area contributed by atoms with E-state index in [0.717, 1.165) is 28.6 Å². The Labute approximate surface area is 89.5 Å². The molecule has 2 aromatic heterocycles. The summed E-state index contributed by atoms with van der Waals surface area (Å²) in [6.45, 7) is 0. The Kier molecular flexibility index (Phi) is 3.05. The zero-order valence-corrected chi connectivity index (χ0v) is 8.85. The van der Waals surface area contributed by atoms with E-state index in [2.05, 4.69) is 25.6 Å². The highest BCUT2D eigenvalue weighted by atomic mass is 35.5. The lowest BCUT2D eigenvalue weighted by atomic mass is 10.4. The molecule has 5 nitrogen and oxygen atoms in total. The molecule has 0 aliphatic rings. The smallest absolute Gasteiger partial charge is 0.169 e. The lowest BCUT2D eigenvalue weighted by Gasteiger charge is -1.87. The van der Waals surface area contributed by atoms with E-state index in [-0.39, 0.29) is 0 Å². The standard InChI is InChI=1S/C7H8ClN5S/c8-3-1-2-6-11-12-7(14-6)5-4-9-13-10-5/h4H,1-3H2,(H,9,10,13). The summed E-state index contributed by atoms with van der Waals surface area (Å²) in [6.07, 6.45) is 3.43. The van der Waals surface area contributed by atoms with E-state index in [4.69, 9.17) is 11.6 Å². The van der Waals surface area contributed by atoms with Crippen LogP contribution in [0.15, 0.2) is 6.20 Å². The molecule has 0 unspecified atom stereocenters. The number of hydrogen-bond acceptors (Lipinski definition) is 5. The fraction of sp³-hybridized carbons (Fsp3) is 0.429. The minimum Gasteiger partial charge on any atom is -0.197 e. The SMILES string of the molecule is ClCCCc1nnc(-c2cn[nH]n2)s1. The Morgan fingerprint density at radius 2 is 2.36 bits per heavy atom. The molecule has 2 aromatic rings. The van der Waals surface area contributed by atoms with Crippen LogP contribution >= 0.6 is 22.9 Å². The van der Waals surface area contributed by atoms with E-state index in [1.165, 1.54) is 11.3 Å². The van der Waals surface area contributed by atoms with E-state index in [1.54, 1.807) is 6.20 Å². The molecule has 0 fully saturated rings. The molecule has 7 heteroatoms. The molecule has 1 N–H and O–H groups in total. The van der Waals surface area contributed by atoms with Crippen molar-refractivity contribution in [2.75, 3.05) is 5.88 Å². The van der Waals surface area contributed by atoms with Crippen molar-refractivity contribution in [3.05, 3.63) is 11.2 Å². The molecule has 14 heavy (non-hydrogen) atoms.